The van der Waals surface area contributed by atoms with Crippen LogP contribution in [0.5, 0.6) is 0 Å². The first-order valence-corrected chi connectivity index (χ1v) is 3.56. The fraction of sp³-hybridized carbons (Fsp3) is 0.167. The smallest absolute Gasteiger partial charge is 0.161 e. The van der Waals surface area contributed by atoms with E-state index >= 15 is 0 Å². The van der Waals surface area contributed by atoms with Gasteiger partial charge in [0.15, 0.2) is 5.00 Å². The van der Waals surface area contributed by atoms with Crippen LogP contribution in [0.25, 0.3) is 0 Å². The molecule has 0 aliphatic carbocycles. The van der Waals surface area contributed by atoms with E-state index in [9.17, 15) is 0 Å². The number of aromatic nitrogens is 1. The maximum Gasteiger partial charge on any atom is 0.161 e. The summed E-state index contributed by atoms with van der Waals surface area (Å²) in [7, 11) is 0. The largest absolute Gasteiger partial charge is 0.257 e. The van der Waals surface area contributed by atoms with E-state index in [0.717, 1.165) is 10.7 Å². The SMILES string of the molecule is C=Nc1sncc1N=CC. The summed E-state index contributed by atoms with van der Waals surface area (Å²) in [6.45, 7) is 5.24. The van der Waals surface area contributed by atoms with Gasteiger partial charge in [-0.05, 0) is 25.2 Å². The molecule has 0 bridgehead atoms. The Bertz CT molecular complexity index is 251. The van der Waals surface area contributed by atoms with Gasteiger partial charge in [-0.2, -0.15) is 4.37 Å². The lowest BCUT2D eigenvalue weighted by Crippen LogP contribution is -1.57. The highest BCUT2D eigenvalue weighted by molar-refractivity contribution is 7.10. The lowest BCUT2D eigenvalue weighted by Gasteiger charge is -1.84. The van der Waals surface area contributed by atoms with Gasteiger partial charge >= 0.3 is 0 Å². The predicted molar refractivity (Wildman–Crippen MR) is 45.1 cm³/mol. The van der Waals surface area contributed by atoms with Crippen molar-refractivity contribution in [1.82, 2.24) is 4.37 Å². The first-order valence-electron chi connectivity index (χ1n) is 2.78. The van der Waals surface area contributed by atoms with Crippen LogP contribution < -0.4 is 0 Å². The molecule has 0 aliphatic heterocycles. The molecule has 0 fully saturated rings. The number of hydrogen-bond acceptors (Lipinski definition) is 4. The third-order valence-corrected chi connectivity index (χ3v) is 1.67. The molecule has 0 unspecified atom stereocenters. The second-order valence-corrected chi connectivity index (χ2v) is 2.34. The molecule has 1 aromatic heterocycles. The molecule has 0 radical (unpaired) electrons. The summed E-state index contributed by atoms with van der Waals surface area (Å²) < 4.78 is 3.91. The predicted octanol–water partition coefficient (Wildman–Crippen LogP) is 2.20. The van der Waals surface area contributed by atoms with Crippen LogP contribution in [0, 0.1) is 0 Å². The molecular formula is C6H7N3S. The zero-order valence-electron chi connectivity index (χ0n) is 5.61. The van der Waals surface area contributed by atoms with Gasteiger partial charge in [0.05, 0.1) is 6.20 Å². The van der Waals surface area contributed by atoms with E-state index < -0.39 is 0 Å². The average molecular weight is 153 g/mol. The van der Waals surface area contributed by atoms with Crippen molar-refractivity contribution < 1.29 is 0 Å². The normalized spacial score (nSPS) is 10.5. The Morgan fingerprint density at radius 3 is 3.20 bits per heavy atom. The zero-order valence-corrected chi connectivity index (χ0v) is 6.43. The number of aliphatic imine (C=N–C) groups is 2. The maximum absolute atomic E-state index is 4.03. The molecule has 0 spiro atoms. The van der Waals surface area contributed by atoms with E-state index in [0.29, 0.717) is 0 Å². The van der Waals surface area contributed by atoms with E-state index in [2.05, 4.69) is 21.1 Å². The molecule has 0 atom stereocenters. The minimum absolute atomic E-state index is 0.776. The molecule has 1 rings (SSSR count). The van der Waals surface area contributed by atoms with Crippen molar-refractivity contribution in [2.24, 2.45) is 9.98 Å². The standard InChI is InChI=1S/C6H7N3S/c1-3-8-5-4-9-10-6(5)7-2/h3-4H,2H2,1H3. The second-order valence-electron chi connectivity index (χ2n) is 1.56. The van der Waals surface area contributed by atoms with Crippen LogP contribution in [0.2, 0.25) is 0 Å². The molecular weight excluding hydrogens is 146 g/mol. The van der Waals surface area contributed by atoms with Crippen LogP contribution in [0.15, 0.2) is 16.2 Å². The van der Waals surface area contributed by atoms with E-state index in [1.54, 1.807) is 12.4 Å². The third kappa shape index (κ3) is 1.27. The lowest BCUT2D eigenvalue weighted by atomic mass is 10.5. The summed E-state index contributed by atoms with van der Waals surface area (Å²) in [5.74, 6) is 0. The van der Waals surface area contributed by atoms with Crippen LogP contribution in [0.3, 0.4) is 0 Å². The van der Waals surface area contributed by atoms with Crippen LogP contribution in [0.1, 0.15) is 6.92 Å². The highest BCUT2D eigenvalue weighted by Gasteiger charge is 1.98. The zero-order chi connectivity index (χ0) is 7.40. The molecule has 4 heteroatoms. The van der Waals surface area contributed by atoms with Crippen molar-refractivity contribution in [3.05, 3.63) is 6.20 Å². The topological polar surface area (TPSA) is 37.6 Å². The summed E-state index contributed by atoms with van der Waals surface area (Å²) in [6, 6.07) is 0. The van der Waals surface area contributed by atoms with E-state index in [-0.39, 0.29) is 0 Å². The second kappa shape index (κ2) is 3.22. The molecule has 52 valence electrons. The Morgan fingerprint density at radius 2 is 2.60 bits per heavy atom. The lowest BCUT2D eigenvalue weighted by molar-refractivity contribution is 1.48. The molecule has 0 amide bonds. The van der Waals surface area contributed by atoms with E-state index in [4.69, 9.17) is 0 Å². The molecule has 0 aliphatic rings. The van der Waals surface area contributed by atoms with Gasteiger partial charge in [0.1, 0.15) is 5.69 Å². The molecule has 0 saturated heterocycles. The van der Waals surface area contributed by atoms with E-state index in [1.807, 2.05) is 6.92 Å². The number of rotatable bonds is 2. The third-order valence-electron chi connectivity index (χ3n) is 0.945. The van der Waals surface area contributed by atoms with Crippen molar-refractivity contribution in [2.75, 3.05) is 0 Å². The van der Waals surface area contributed by atoms with Gasteiger partial charge in [0.2, 0.25) is 0 Å². The molecule has 1 aromatic rings. The van der Waals surface area contributed by atoms with Crippen LogP contribution in [-0.2, 0) is 0 Å². The Balaban J connectivity index is 3.00. The molecule has 10 heavy (non-hydrogen) atoms. The van der Waals surface area contributed by atoms with Gasteiger partial charge in [0, 0.05) is 6.21 Å². The monoisotopic (exact) mass is 153 g/mol. The summed E-state index contributed by atoms with van der Waals surface area (Å²) in [6.07, 6.45) is 3.38. The van der Waals surface area contributed by atoms with Crippen molar-refractivity contribution in [3.8, 4) is 0 Å². The fourth-order valence-electron chi connectivity index (χ4n) is 0.566. The number of hydrogen-bond donors (Lipinski definition) is 0. The Kier molecular flexibility index (Phi) is 2.28. The summed E-state index contributed by atoms with van der Waals surface area (Å²) in [5.41, 5.74) is 0.794. The van der Waals surface area contributed by atoms with Crippen molar-refractivity contribution in [2.45, 2.75) is 6.92 Å². The van der Waals surface area contributed by atoms with Gasteiger partial charge in [-0.1, -0.05) is 0 Å². The van der Waals surface area contributed by atoms with Gasteiger partial charge < -0.3 is 0 Å². The summed E-state index contributed by atoms with van der Waals surface area (Å²) in [5, 5.41) is 0.776. The fourth-order valence-corrected chi connectivity index (χ4v) is 1.07. The Morgan fingerprint density at radius 1 is 1.80 bits per heavy atom. The van der Waals surface area contributed by atoms with Gasteiger partial charge in [-0.25, -0.2) is 0 Å². The van der Waals surface area contributed by atoms with Crippen molar-refractivity contribution in [3.63, 3.8) is 0 Å². The molecule has 3 nitrogen and oxygen atoms in total. The first kappa shape index (κ1) is 7.08. The Hall–Kier alpha value is -1.03. The average Bonchev–Trinajstić information content (AvgIpc) is 2.36. The molecule has 0 N–H and O–H groups in total. The van der Waals surface area contributed by atoms with Gasteiger partial charge in [-0.3, -0.25) is 9.98 Å². The van der Waals surface area contributed by atoms with Crippen LogP contribution in [0.4, 0.5) is 10.7 Å². The quantitative estimate of drug-likeness (QED) is 0.600. The highest BCUT2D eigenvalue weighted by atomic mass is 32.1. The number of nitrogens with zero attached hydrogens (tertiary/aromatic N) is 3. The summed E-state index contributed by atoms with van der Waals surface area (Å²) in [4.78, 5) is 7.77. The van der Waals surface area contributed by atoms with Crippen LogP contribution in [-0.4, -0.2) is 17.3 Å². The first-order chi connectivity index (χ1) is 4.88. The minimum atomic E-state index is 0.776. The van der Waals surface area contributed by atoms with Crippen molar-refractivity contribution >= 4 is 35.2 Å². The molecule has 0 saturated carbocycles. The van der Waals surface area contributed by atoms with Gasteiger partial charge in [-0.15, -0.1) is 0 Å². The molecule has 0 aromatic carbocycles. The van der Waals surface area contributed by atoms with Gasteiger partial charge in [0.25, 0.3) is 0 Å². The van der Waals surface area contributed by atoms with E-state index in [1.165, 1.54) is 11.5 Å². The summed E-state index contributed by atoms with van der Waals surface area (Å²) >= 11 is 1.30. The Labute approximate surface area is 63.3 Å². The molecule has 1 heterocycles. The maximum atomic E-state index is 4.03. The van der Waals surface area contributed by atoms with Crippen molar-refractivity contribution in [1.29, 1.82) is 0 Å². The highest BCUT2D eigenvalue weighted by Crippen LogP contribution is 2.30. The minimum Gasteiger partial charge on any atom is -0.257 e. The van der Waals surface area contributed by atoms with Crippen LogP contribution >= 0.6 is 11.5 Å².